The third-order valence-corrected chi connectivity index (χ3v) is 23.1. The number of ether oxygens (including phenoxy) is 2. The second kappa shape index (κ2) is 18.0. The zero-order valence-corrected chi connectivity index (χ0v) is 40.2. The average molecular weight is 914 g/mol. The van der Waals surface area contributed by atoms with Gasteiger partial charge in [-0.3, -0.25) is 28.7 Å². The second-order valence-electron chi connectivity index (χ2n) is 18.5. The van der Waals surface area contributed by atoms with E-state index in [-0.39, 0.29) is 36.1 Å². The van der Waals surface area contributed by atoms with Crippen molar-refractivity contribution in [2.75, 3.05) is 13.2 Å². The Balaban J connectivity index is 1.29. The molecule has 332 valence electrons. The van der Waals surface area contributed by atoms with E-state index in [1.165, 1.54) is 21.5 Å². The maximum Gasteiger partial charge on any atom is 0.330 e. The van der Waals surface area contributed by atoms with E-state index >= 15 is 0 Å². The number of hydrogen-bond donors (Lipinski definition) is 2. The summed E-state index contributed by atoms with van der Waals surface area (Å²) in [5.41, 5.74) is -1.69. The van der Waals surface area contributed by atoms with E-state index in [0.29, 0.717) is 11.1 Å². The number of nitrogens with zero attached hydrogens (tertiary/aromatic N) is 2. The summed E-state index contributed by atoms with van der Waals surface area (Å²) in [5, 5.41) is 1.52. The molecular weight excluding hydrogens is 856 g/mol. The van der Waals surface area contributed by atoms with Crippen molar-refractivity contribution in [1.82, 2.24) is 19.1 Å². The molecule has 0 spiro atoms. The maximum absolute atomic E-state index is 14.3. The molecular formula is C42H58N4O11PSSi2-. The molecule has 2 aliphatic rings. The number of aromatic amines is 2. The summed E-state index contributed by atoms with van der Waals surface area (Å²) in [7, 11) is -5.52. The first-order valence-corrected chi connectivity index (χ1v) is 27.8. The highest BCUT2D eigenvalue weighted by Gasteiger charge is 2.52. The highest BCUT2D eigenvalue weighted by molar-refractivity contribution is 8.06. The molecule has 2 aromatic heterocycles. The Morgan fingerprint density at radius 2 is 1.18 bits per heavy atom. The van der Waals surface area contributed by atoms with Crippen molar-refractivity contribution in [2.45, 2.75) is 128 Å². The maximum atomic E-state index is 14.3. The van der Waals surface area contributed by atoms with E-state index in [9.17, 15) is 24.1 Å². The summed E-state index contributed by atoms with van der Waals surface area (Å²) in [6.45, 7) is 15.4. The molecule has 7 atom stereocenters. The molecule has 15 nitrogen and oxygen atoms in total. The van der Waals surface area contributed by atoms with Gasteiger partial charge in [-0.25, -0.2) is 9.59 Å². The Kier molecular flexibility index (Phi) is 13.9. The van der Waals surface area contributed by atoms with E-state index in [1.54, 1.807) is 13.8 Å². The normalized spacial score (nSPS) is 23.6. The van der Waals surface area contributed by atoms with Crippen LogP contribution in [0.25, 0.3) is 0 Å². The van der Waals surface area contributed by atoms with Crippen LogP contribution in [0.3, 0.4) is 0 Å². The van der Waals surface area contributed by atoms with Crippen LogP contribution in [0.2, 0.25) is 23.2 Å². The second-order valence-corrected chi connectivity index (χ2v) is 30.2. The highest BCUT2D eigenvalue weighted by Crippen LogP contribution is 2.48. The Hall–Kier alpha value is -3.40. The van der Waals surface area contributed by atoms with Crippen LogP contribution in [0.5, 0.6) is 0 Å². The average Bonchev–Trinajstić information content (AvgIpc) is 3.76. The van der Waals surface area contributed by atoms with Crippen molar-refractivity contribution in [3.8, 4) is 0 Å². The lowest BCUT2D eigenvalue weighted by Crippen LogP contribution is -2.67. The van der Waals surface area contributed by atoms with Crippen LogP contribution >= 0.6 is 6.72 Å². The fourth-order valence-corrected chi connectivity index (χ4v) is 15.1. The topological polar surface area (TPSA) is 188 Å². The van der Waals surface area contributed by atoms with Crippen LogP contribution in [0.1, 0.15) is 78.0 Å². The lowest BCUT2D eigenvalue weighted by molar-refractivity contribution is -0.215. The van der Waals surface area contributed by atoms with E-state index in [1.807, 2.05) is 36.4 Å². The van der Waals surface area contributed by atoms with E-state index in [2.05, 4.69) is 88.9 Å². The van der Waals surface area contributed by atoms with Crippen LogP contribution in [-0.2, 0) is 39.2 Å². The lowest BCUT2D eigenvalue weighted by atomic mass is 10.2. The molecule has 6 rings (SSSR count). The van der Waals surface area contributed by atoms with Gasteiger partial charge in [0.1, 0.15) is 31.4 Å². The Morgan fingerprint density at radius 1 is 0.738 bits per heavy atom. The fraction of sp³-hybridized carbons (Fsp3) is 0.524. The molecule has 0 amide bonds. The first-order chi connectivity index (χ1) is 28.4. The predicted octanol–water partition coefficient (Wildman–Crippen LogP) is 4.23. The van der Waals surface area contributed by atoms with Crippen molar-refractivity contribution in [2.24, 2.45) is 0 Å². The van der Waals surface area contributed by atoms with Crippen molar-refractivity contribution >= 4 is 45.5 Å². The standard InChI is InChI=1S/C42H59N4O11PSSi2/c1-27-23-45(39(49)43-37(27)47)35-21-31(34(55-35)26-53-61(42(6,7)8,29-17-13-11-14-18-29)30-19-15-12-16-20-30)56-58(51,59)52-25-33-32(57-60(9,10)41(3,4)5)22-36(54-33)46-24-28(2)38(48)44-40(46)50/h11-20,23-24,31-36H,21-22,25-26H2,1-10H3,(H,51,59)(H,43,47,49)(H,44,48,50)/p-1/t31-,32-,33+,34+,35+,36+,58?/m0/s1. The van der Waals surface area contributed by atoms with E-state index < -0.39 is 82.7 Å². The highest BCUT2D eigenvalue weighted by atomic mass is 32.5. The van der Waals surface area contributed by atoms with Crippen LogP contribution in [0, 0.1) is 13.8 Å². The van der Waals surface area contributed by atoms with E-state index in [4.69, 9.17) is 39.2 Å². The number of aromatic nitrogens is 4. The Morgan fingerprint density at radius 3 is 1.62 bits per heavy atom. The molecule has 0 saturated carbocycles. The van der Waals surface area contributed by atoms with Crippen molar-refractivity contribution < 1.29 is 32.3 Å². The quantitative estimate of drug-likeness (QED) is 0.136. The van der Waals surface area contributed by atoms with Gasteiger partial charge in [0.2, 0.25) is 0 Å². The summed E-state index contributed by atoms with van der Waals surface area (Å²) in [4.78, 5) is 69.5. The van der Waals surface area contributed by atoms with Crippen molar-refractivity contribution in [1.29, 1.82) is 0 Å². The number of rotatable bonds is 14. The van der Waals surface area contributed by atoms with Crippen LogP contribution < -0.4 is 37.8 Å². The lowest BCUT2D eigenvalue weighted by Gasteiger charge is -2.44. The van der Waals surface area contributed by atoms with Crippen LogP contribution in [0.15, 0.2) is 92.2 Å². The van der Waals surface area contributed by atoms with E-state index in [0.717, 1.165) is 10.4 Å². The van der Waals surface area contributed by atoms with Gasteiger partial charge in [0.05, 0.1) is 25.4 Å². The first kappa shape index (κ1) is 47.1. The molecule has 4 aromatic rings. The molecule has 19 heteroatoms. The Labute approximate surface area is 362 Å². The van der Waals surface area contributed by atoms with Gasteiger partial charge in [-0.15, -0.1) is 0 Å². The number of H-pyrrole nitrogens is 2. The molecule has 2 aliphatic heterocycles. The van der Waals surface area contributed by atoms with Gasteiger partial charge < -0.3 is 32.3 Å². The third-order valence-electron chi connectivity index (χ3n) is 12.1. The van der Waals surface area contributed by atoms with Crippen molar-refractivity contribution in [3.05, 3.63) is 126 Å². The number of benzene rings is 2. The number of aryl methyl sites for hydroxylation is 2. The largest absolute Gasteiger partial charge is 0.780 e. The fourth-order valence-electron chi connectivity index (χ4n) is 7.76. The molecule has 2 fully saturated rings. The minimum atomic E-state index is -4.34. The third kappa shape index (κ3) is 10.2. The smallest absolute Gasteiger partial charge is 0.330 e. The minimum absolute atomic E-state index is 0.0238. The number of hydrogen-bond acceptors (Lipinski definition) is 12. The monoisotopic (exact) mass is 913 g/mol. The van der Waals surface area contributed by atoms with Crippen molar-refractivity contribution in [3.63, 3.8) is 0 Å². The SMILES string of the molecule is Cc1cn([C@H]2C[C@H](O[Si](C)(C)C(C)(C)C)[C@@H](COP([O-])(=S)O[C@H]3C[C@H](n4cc(C)c(=O)[nH]c4=O)O[C@@H]3CO[Si](c3ccccc3)(c3ccccc3)C(C)(C)C)O2)c(=O)[nH]c1=O. The van der Waals surface area contributed by atoms with Gasteiger partial charge in [-0.05, 0) is 47.4 Å². The first-order valence-electron chi connectivity index (χ1n) is 20.4. The molecule has 0 bridgehead atoms. The summed E-state index contributed by atoms with van der Waals surface area (Å²) < 4.78 is 41.7. The van der Waals surface area contributed by atoms with Gasteiger partial charge in [-0.1, -0.05) is 114 Å². The zero-order chi connectivity index (χ0) is 44.7. The summed E-state index contributed by atoms with van der Waals surface area (Å²) in [5.74, 6) is 0. The van der Waals surface area contributed by atoms with Gasteiger partial charge in [0.15, 0.2) is 8.32 Å². The molecule has 2 N–H and O–H groups in total. The molecule has 0 aliphatic carbocycles. The molecule has 61 heavy (non-hydrogen) atoms. The summed E-state index contributed by atoms with van der Waals surface area (Å²) in [6, 6.07) is 20.1. The van der Waals surface area contributed by atoms with Crippen LogP contribution in [-0.4, -0.2) is 73.4 Å². The molecule has 0 radical (unpaired) electrons. The van der Waals surface area contributed by atoms with Gasteiger partial charge >= 0.3 is 11.4 Å². The molecule has 2 aromatic carbocycles. The summed E-state index contributed by atoms with van der Waals surface area (Å²) >= 11 is 5.56. The zero-order valence-electron chi connectivity index (χ0n) is 36.5. The van der Waals surface area contributed by atoms with Crippen LogP contribution in [0.4, 0.5) is 0 Å². The molecule has 2 saturated heterocycles. The summed E-state index contributed by atoms with van der Waals surface area (Å²) in [6.07, 6.45) is -1.87. The van der Waals surface area contributed by atoms with Gasteiger partial charge in [0, 0.05) is 36.4 Å². The van der Waals surface area contributed by atoms with Gasteiger partial charge in [0.25, 0.3) is 19.4 Å². The number of nitrogens with one attached hydrogen (secondary N) is 2. The van der Waals surface area contributed by atoms with Gasteiger partial charge in [-0.2, -0.15) is 0 Å². The Bertz CT molecular complexity index is 2430. The minimum Gasteiger partial charge on any atom is -0.780 e. The molecule has 1 unspecified atom stereocenters. The predicted molar refractivity (Wildman–Crippen MR) is 240 cm³/mol. The molecule has 4 heterocycles.